The van der Waals surface area contributed by atoms with Gasteiger partial charge in [-0.3, -0.25) is 5.32 Å². The van der Waals surface area contributed by atoms with Gasteiger partial charge in [0, 0.05) is 0 Å². The zero-order chi connectivity index (χ0) is 13.8. The van der Waals surface area contributed by atoms with E-state index in [9.17, 15) is 0 Å². The fourth-order valence-electron chi connectivity index (χ4n) is 2.04. The van der Waals surface area contributed by atoms with E-state index in [1.807, 2.05) is 0 Å². The summed E-state index contributed by atoms with van der Waals surface area (Å²) in [5, 5.41) is 15.5. The SMILES string of the molecule is CC(O)NCCCCCCNCCc1ccccc1. The molecule has 1 rings (SSSR count). The molecule has 0 fully saturated rings. The summed E-state index contributed by atoms with van der Waals surface area (Å²) in [4.78, 5) is 0. The lowest BCUT2D eigenvalue weighted by atomic mass is 10.1. The van der Waals surface area contributed by atoms with Crippen LogP contribution in [0, 0.1) is 0 Å². The second kappa shape index (κ2) is 11.0. The van der Waals surface area contributed by atoms with Crippen molar-refractivity contribution >= 4 is 0 Å². The van der Waals surface area contributed by atoms with E-state index in [2.05, 4.69) is 41.0 Å². The number of hydrogen-bond donors (Lipinski definition) is 3. The topological polar surface area (TPSA) is 44.3 Å². The maximum atomic E-state index is 9.03. The molecule has 0 saturated carbocycles. The van der Waals surface area contributed by atoms with E-state index < -0.39 is 0 Å². The second-order valence-corrected chi connectivity index (χ2v) is 5.03. The average Bonchev–Trinajstić information content (AvgIpc) is 2.42. The maximum Gasteiger partial charge on any atom is 0.102 e. The Morgan fingerprint density at radius 1 is 0.947 bits per heavy atom. The summed E-state index contributed by atoms with van der Waals surface area (Å²) in [5.74, 6) is 0. The highest BCUT2D eigenvalue weighted by molar-refractivity contribution is 5.14. The number of unbranched alkanes of at least 4 members (excludes halogenated alkanes) is 3. The minimum absolute atomic E-state index is 0.375. The minimum atomic E-state index is -0.375. The Bertz CT molecular complexity index is 301. The van der Waals surface area contributed by atoms with Crippen LogP contribution in [0.3, 0.4) is 0 Å². The first-order valence-electron chi connectivity index (χ1n) is 7.45. The highest BCUT2D eigenvalue weighted by Crippen LogP contribution is 2.00. The van der Waals surface area contributed by atoms with Crippen molar-refractivity contribution in [3.8, 4) is 0 Å². The van der Waals surface area contributed by atoms with Crippen LogP contribution in [0.25, 0.3) is 0 Å². The van der Waals surface area contributed by atoms with Gasteiger partial charge in [-0.05, 0) is 51.4 Å². The van der Waals surface area contributed by atoms with Gasteiger partial charge in [-0.2, -0.15) is 0 Å². The van der Waals surface area contributed by atoms with Gasteiger partial charge in [0.15, 0.2) is 0 Å². The molecule has 0 radical (unpaired) electrons. The molecule has 1 aromatic carbocycles. The quantitative estimate of drug-likeness (QED) is 0.424. The lowest BCUT2D eigenvalue weighted by Crippen LogP contribution is -2.26. The summed E-state index contributed by atoms with van der Waals surface area (Å²) in [7, 11) is 0. The van der Waals surface area contributed by atoms with Gasteiger partial charge in [0.2, 0.25) is 0 Å². The largest absolute Gasteiger partial charge is 0.379 e. The van der Waals surface area contributed by atoms with Crippen LogP contribution in [-0.2, 0) is 6.42 Å². The lowest BCUT2D eigenvalue weighted by molar-refractivity contribution is 0.156. The van der Waals surface area contributed by atoms with E-state index in [0.29, 0.717) is 0 Å². The minimum Gasteiger partial charge on any atom is -0.379 e. The molecule has 1 unspecified atom stereocenters. The number of benzene rings is 1. The van der Waals surface area contributed by atoms with Crippen molar-refractivity contribution in [1.29, 1.82) is 0 Å². The number of aliphatic hydroxyl groups is 1. The highest BCUT2D eigenvalue weighted by atomic mass is 16.3. The molecule has 0 heterocycles. The predicted octanol–water partition coefficient (Wildman–Crippen LogP) is 2.31. The molecule has 0 amide bonds. The van der Waals surface area contributed by atoms with Crippen molar-refractivity contribution in [1.82, 2.24) is 10.6 Å². The van der Waals surface area contributed by atoms with Gasteiger partial charge in [0.25, 0.3) is 0 Å². The summed E-state index contributed by atoms with van der Waals surface area (Å²) in [6.45, 7) is 4.85. The smallest absolute Gasteiger partial charge is 0.102 e. The van der Waals surface area contributed by atoms with Gasteiger partial charge in [0.1, 0.15) is 6.23 Å². The van der Waals surface area contributed by atoms with Crippen LogP contribution >= 0.6 is 0 Å². The van der Waals surface area contributed by atoms with Crippen molar-refractivity contribution in [2.24, 2.45) is 0 Å². The molecule has 0 aliphatic carbocycles. The van der Waals surface area contributed by atoms with E-state index in [1.54, 1.807) is 6.92 Å². The summed E-state index contributed by atoms with van der Waals surface area (Å²) in [6, 6.07) is 10.6. The van der Waals surface area contributed by atoms with Crippen molar-refractivity contribution < 1.29 is 5.11 Å². The Kier molecular flexibility index (Phi) is 9.33. The highest BCUT2D eigenvalue weighted by Gasteiger charge is 1.94. The average molecular weight is 264 g/mol. The van der Waals surface area contributed by atoms with Gasteiger partial charge < -0.3 is 10.4 Å². The fourth-order valence-corrected chi connectivity index (χ4v) is 2.04. The lowest BCUT2D eigenvalue weighted by Gasteiger charge is -2.07. The third-order valence-electron chi connectivity index (χ3n) is 3.15. The third-order valence-corrected chi connectivity index (χ3v) is 3.15. The summed E-state index contributed by atoms with van der Waals surface area (Å²) in [6.07, 6.45) is 5.62. The molecule has 0 aromatic heterocycles. The van der Waals surface area contributed by atoms with E-state index in [0.717, 1.165) is 32.5 Å². The monoisotopic (exact) mass is 264 g/mol. The van der Waals surface area contributed by atoms with Crippen LogP contribution in [0.4, 0.5) is 0 Å². The zero-order valence-corrected chi connectivity index (χ0v) is 12.1. The molecule has 0 saturated heterocycles. The van der Waals surface area contributed by atoms with Crippen molar-refractivity contribution in [3.05, 3.63) is 35.9 Å². The van der Waals surface area contributed by atoms with Crippen LogP contribution in [0.5, 0.6) is 0 Å². The molecule has 19 heavy (non-hydrogen) atoms. The van der Waals surface area contributed by atoms with Gasteiger partial charge in [-0.1, -0.05) is 43.2 Å². The summed E-state index contributed by atoms with van der Waals surface area (Å²) < 4.78 is 0. The van der Waals surface area contributed by atoms with E-state index in [1.165, 1.54) is 24.8 Å². The zero-order valence-electron chi connectivity index (χ0n) is 12.1. The molecule has 0 bridgehead atoms. The van der Waals surface area contributed by atoms with Gasteiger partial charge in [-0.25, -0.2) is 0 Å². The first kappa shape index (κ1) is 16.2. The molecule has 108 valence electrons. The van der Waals surface area contributed by atoms with Crippen molar-refractivity contribution in [2.45, 2.75) is 45.3 Å². The van der Waals surface area contributed by atoms with Crippen LogP contribution in [0.2, 0.25) is 0 Å². The molecular formula is C16H28N2O. The van der Waals surface area contributed by atoms with Gasteiger partial charge in [0.05, 0.1) is 0 Å². The molecule has 0 spiro atoms. The third kappa shape index (κ3) is 9.65. The van der Waals surface area contributed by atoms with E-state index in [-0.39, 0.29) is 6.23 Å². The maximum absolute atomic E-state index is 9.03. The Labute approximate surface area is 117 Å². The Balaban J connectivity index is 1.81. The van der Waals surface area contributed by atoms with Crippen LogP contribution in [0.15, 0.2) is 30.3 Å². The Morgan fingerprint density at radius 2 is 1.63 bits per heavy atom. The normalized spacial score (nSPS) is 12.5. The number of nitrogens with one attached hydrogen (secondary N) is 2. The molecular weight excluding hydrogens is 236 g/mol. The fraction of sp³-hybridized carbons (Fsp3) is 0.625. The van der Waals surface area contributed by atoms with Gasteiger partial charge in [-0.15, -0.1) is 0 Å². The Hall–Kier alpha value is -0.900. The number of aliphatic hydroxyl groups excluding tert-OH is 1. The first-order valence-corrected chi connectivity index (χ1v) is 7.45. The Morgan fingerprint density at radius 3 is 2.32 bits per heavy atom. The molecule has 0 aliphatic rings. The second-order valence-electron chi connectivity index (χ2n) is 5.03. The molecule has 3 heteroatoms. The predicted molar refractivity (Wildman–Crippen MR) is 81.2 cm³/mol. The van der Waals surface area contributed by atoms with Crippen molar-refractivity contribution in [3.63, 3.8) is 0 Å². The van der Waals surface area contributed by atoms with Crippen LogP contribution in [-0.4, -0.2) is 31.0 Å². The standard InChI is InChI=1S/C16H28N2O/c1-15(19)18-13-8-3-2-7-12-17-14-11-16-9-5-4-6-10-16/h4-6,9-10,15,17-19H,2-3,7-8,11-14H2,1H3. The van der Waals surface area contributed by atoms with Gasteiger partial charge >= 0.3 is 0 Å². The van der Waals surface area contributed by atoms with Crippen LogP contribution in [0.1, 0.15) is 38.2 Å². The van der Waals surface area contributed by atoms with Crippen LogP contribution < -0.4 is 10.6 Å². The molecule has 3 N–H and O–H groups in total. The summed E-state index contributed by atoms with van der Waals surface area (Å²) >= 11 is 0. The van der Waals surface area contributed by atoms with E-state index >= 15 is 0 Å². The van der Waals surface area contributed by atoms with E-state index in [4.69, 9.17) is 5.11 Å². The molecule has 1 atom stereocenters. The molecule has 3 nitrogen and oxygen atoms in total. The molecule has 1 aromatic rings. The summed E-state index contributed by atoms with van der Waals surface area (Å²) in [5.41, 5.74) is 1.40. The first-order chi connectivity index (χ1) is 9.29. The van der Waals surface area contributed by atoms with Crippen molar-refractivity contribution in [2.75, 3.05) is 19.6 Å². The number of hydrogen-bond acceptors (Lipinski definition) is 3. The molecule has 0 aliphatic heterocycles. The number of rotatable bonds is 11.